The molecule has 0 spiro atoms. The maximum atomic E-state index is 12.7. The largest absolute Gasteiger partial charge is 0.460 e. The highest BCUT2D eigenvalue weighted by Crippen LogP contribution is 2.30. The number of piperazine rings is 1. The second kappa shape index (κ2) is 12.7. The van der Waals surface area contributed by atoms with Crippen LogP contribution < -0.4 is 4.90 Å². The van der Waals surface area contributed by atoms with Crippen molar-refractivity contribution in [3.05, 3.63) is 47.2 Å². The Labute approximate surface area is 237 Å². The first-order chi connectivity index (χ1) is 19.0. The van der Waals surface area contributed by atoms with E-state index in [1.807, 2.05) is 56.0 Å². The fraction of sp³-hybridized carbons (Fsp3) is 0.536. The molecule has 1 fully saturated rings. The number of hydrogen-bond acceptors (Lipinski definition) is 10. The predicted octanol–water partition coefficient (Wildman–Crippen LogP) is 2.65. The summed E-state index contributed by atoms with van der Waals surface area (Å²) in [6.45, 7) is 7.99. The number of amides is 1. The van der Waals surface area contributed by atoms with Crippen molar-refractivity contribution in [3.63, 3.8) is 0 Å². The molecule has 1 unspecified atom stereocenters. The first kappa shape index (κ1) is 29.4. The molecule has 214 valence electrons. The van der Waals surface area contributed by atoms with E-state index in [9.17, 15) is 19.1 Å². The minimum Gasteiger partial charge on any atom is -0.460 e. The van der Waals surface area contributed by atoms with Crippen molar-refractivity contribution in [1.82, 2.24) is 19.8 Å². The topological polar surface area (TPSA) is 129 Å². The van der Waals surface area contributed by atoms with Crippen LogP contribution in [-0.2, 0) is 44.6 Å². The zero-order valence-corrected chi connectivity index (χ0v) is 24.3. The van der Waals surface area contributed by atoms with Crippen LogP contribution in [0.25, 0.3) is 0 Å². The van der Waals surface area contributed by atoms with Crippen molar-refractivity contribution in [2.45, 2.75) is 63.6 Å². The van der Waals surface area contributed by atoms with Gasteiger partial charge in [0.2, 0.25) is 5.16 Å². The molecule has 2 atom stereocenters. The Hall–Kier alpha value is -3.56. The number of rotatable bonds is 7. The third-order valence-electron chi connectivity index (χ3n) is 6.74. The number of anilines is 1. The monoisotopic (exact) mass is 568 g/mol. The molecule has 1 aromatic carbocycles. The molecule has 12 heteroatoms. The van der Waals surface area contributed by atoms with Gasteiger partial charge in [0.15, 0.2) is 0 Å². The van der Waals surface area contributed by atoms with E-state index in [1.165, 1.54) is 6.26 Å². The number of benzene rings is 1. The molecule has 0 saturated carbocycles. The van der Waals surface area contributed by atoms with Gasteiger partial charge in [-0.1, -0.05) is 30.3 Å². The Bertz CT molecular complexity index is 1290. The number of fused-ring (bicyclic) bond motifs is 1. The van der Waals surface area contributed by atoms with Crippen LogP contribution in [0.1, 0.15) is 44.0 Å². The Balaban J connectivity index is 1.49. The molecular formula is C28H36N6O5S. The van der Waals surface area contributed by atoms with Crippen LogP contribution in [0.15, 0.2) is 35.5 Å². The summed E-state index contributed by atoms with van der Waals surface area (Å²) >= 11 is 0. The van der Waals surface area contributed by atoms with Crippen LogP contribution >= 0.6 is 0 Å². The third kappa shape index (κ3) is 7.55. The molecule has 1 amide bonds. The molecule has 0 N–H and O–H groups in total. The van der Waals surface area contributed by atoms with E-state index >= 15 is 0 Å². The summed E-state index contributed by atoms with van der Waals surface area (Å²) in [4.78, 5) is 40.2. The second-order valence-corrected chi connectivity index (χ2v) is 12.2. The highest BCUT2D eigenvalue weighted by atomic mass is 32.2. The van der Waals surface area contributed by atoms with E-state index in [0.29, 0.717) is 44.1 Å². The molecule has 11 nitrogen and oxygen atoms in total. The fourth-order valence-electron chi connectivity index (χ4n) is 4.80. The van der Waals surface area contributed by atoms with Crippen LogP contribution in [0.3, 0.4) is 0 Å². The number of hydrogen-bond donors (Lipinski definition) is 0. The van der Waals surface area contributed by atoms with Crippen LogP contribution in [0.4, 0.5) is 10.6 Å². The van der Waals surface area contributed by atoms with Gasteiger partial charge in [-0.25, -0.2) is 14.8 Å². The molecule has 2 aliphatic rings. The summed E-state index contributed by atoms with van der Waals surface area (Å²) in [6, 6.07) is 11.5. The van der Waals surface area contributed by atoms with Gasteiger partial charge in [0.1, 0.15) is 18.0 Å². The van der Waals surface area contributed by atoms with Gasteiger partial charge in [-0.15, -0.1) is 0 Å². The summed E-state index contributed by atoms with van der Waals surface area (Å²) in [5.41, 5.74) is 1.85. The average molecular weight is 569 g/mol. The molecule has 2 aromatic rings. The number of nitriles is 1. The lowest BCUT2D eigenvalue weighted by atomic mass is 10.0. The van der Waals surface area contributed by atoms with Gasteiger partial charge in [0.25, 0.3) is 0 Å². The van der Waals surface area contributed by atoms with Crippen molar-refractivity contribution in [2.75, 3.05) is 43.9 Å². The summed E-state index contributed by atoms with van der Waals surface area (Å²) in [6.07, 6.45) is 1.86. The van der Waals surface area contributed by atoms with Crippen molar-refractivity contribution < 1.29 is 23.3 Å². The quantitative estimate of drug-likeness (QED) is 0.363. The lowest BCUT2D eigenvalue weighted by Gasteiger charge is -2.42. The van der Waals surface area contributed by atoms with Gasteiger partial charge in [-0.3, -0.25) is 13.9 Å². The molecule has 1 saturated heterocycles. The number of carbonyl (C=O) groups is 2. The predicted molar refractivity (Wildman–Crippen MR) is 149 cm³/mol. The zero-order valence-electron chi connectivity index (χ0n) is 23.5. The molecule has 3 heterocycles. The smallest absolute Gasteiger partial charge is 0.410 e. The average Bonchev–Trinajstić information content (AvgIpc) is 2.91. The molecule has 0 aliphatic carbocycles. The van der Waals surface area contributed by atoms with Crippen molar-refractivity contribution in [3.8, 4) is 6.07 Å². The minimum atomic E-state index is -1.43. The van der Waals surface area contributed by atoms with Gasteiger partial charge < -0.3 is 19.3 Å². The number of aromatic nitrogens is 2. The van der Waals surface area contributed by atoms with E-state index in [0.717, 1.165) is 11.1 Å². The van der Waals surface area contributed by atoms with E-state index in [1.54, 1.807) is 4.90 Å². The highest BCUT2D eigenvalue weighted by molar-refractivity contribution is 7.84. The molecule has 40 heavy (non-hydrogen) atoms. The van der Waals surface area contributed by atoms with Gasteiger partial charge in [-0.2, -0.15) is 5.26 Å². The fourth-order valence-corrected chi connectivity index (χ4v) is 5.26. The van der Waals surface area contributed by atoms with E-state index in [2.05, 4.69) is 20.9 Å². The lowest BCUT2D eigenvalue weighted by Crippen LogP contribution is -2.55. The van der Waals surface area contributed by atoms with Gasteiger partial charge >= 0.3 is 12.1 Å². The normalized spacial score (nSPS) is 18.4. The van der Waals surface area contributed by atoms with Gasteiger partial charge in [0, 0.05) is 44.0 Å². The molecule has 1 aromatic heterocycles. The van der Waals surface area contributed by atoms with Crippen LogP contribution in [0.5, 0.6) is 0 Å². The Morgan fingerprint density at radius 2 is 1.90 bits per heavy atom. The zero-order chi connectivity index (χ0) is 28.9. The number of carbonyl (C=O) groups excluding carboxylic acids is 2. The third-order valence-corrected chi connectivity index (χ3v) is 7.43. The van der Waals surface area contributed by atoms with Crippen LogP contribution in [0, 0.1) is 11.3 Å². The first-order valence-corrected chi connectivity index (χ1v) is 14.9. The van der Waals surface area contributed by atoms with Crippen LogP contribution in [-0.4, -0.2) is 86.7 Å². The summed E-state index contributed by atoms with van der Waals surface area (Å²) in [7, 11) is -1.43. The van der Waals surface area contributed by atoms with Crippen LogP contribution in [0.2, 0.25) is 0 Å². The van der Waals surface area contributed by atoms with Crippen molar-refractivity contribution in [1.29, 1.82) is 5.26 Å². The molecule has 2 aliphatic heterocycles. The highest BCUT2D eigenvalue weighted by Gasteiger charge is 2.34. The minimum absolute atomic E-state index is 0.0873. The SMILES string of the molecule is CS(=O)c1nc2c(c(N3CCN(CC(=O)OCc4ccccc4)[C@@H](CC#N)C3)n1)CCN(C(=O)OC(C)(C)C)C2. The number of nitrogens with zero attached hydrogens (tertiary/aromatic N) is 6. The summed E-state index contributed by atoms with van der Waals surface area (Å²) in [5.74, 6) is 0.332. The molecular weight excluding hydrogens is 532 g/mol. The molecule has 0 radical (unpaired) electrons. The molecule has 0 bridgehead atoms. The Kier molecular flexibility index (Phi) is 9.37. The standard InChI is InChI=1S/C28H36N6O5S/c1-28(2,3)39-27(36)34-13-11-22-23(17-34)30-26(40(4)37)31-25(22)33-15-14-32(21(16-33)10-12-29)18-24(35)38-19-20-8-6-5-7-9-20/h5-9,21H,10-11,13-19H2,1-4H3/t21-,40?/m0/s1. The van der Waals surface area contributed by atoms with Crippen molar-refractivity contribution in [2.24, 2.45) is 0 Å². The Morgan fingerprint density at radius 1 is 1.15 bits per heavy atom. The second-order valence-electron chi connectivity index (χ2n) is 10.9. The summed E-state index contributed by atoms with van der Waals surface area (Å²) < 4.78 is 23.4. The van der Waals surface area contributed by atoms with E-state index in [-0.39, 0.29) is 43.3 Å². The lowest BCUT2D eigenvalue weighted by molar-refractivity contribution is -0.147. The first-order valence-electron chi connectivity index (χ1n) is 13.3. The van der Waals surface area contributed by atoms with Crippen molar-refractivity contribution >= 4 is 28.7 Å². The maximum absolute atomic E-state index is 12.7. The number of ether oxygens (including phenoxy) is 2. The Morgan fingerprint density at radius 3 is 2.58 bits per heavy atom. The van der Waals surface area contributed by atoms with Gasteiger partial charge in [0.05, 0.1) is 42.1 Å². The van der Waals surface area contributed by atoms with E-state index in [4.69, 9.17) is 9.47 Å². The summed E-state index contributed by atoms with van der Waals surface area (Å²) in [5, 5.41) is 9.72. The molecule has 4 rings (SSSR count). The van der Waals surface area contributed by atoms with Gasteiger partial charge in [-0.05, 0) is 32.8 Å². The number of esters is 1. The maximum Gasteiger partial charge on any atom is 0.410 e. The van der Waals surface area contributed by atoms with E-state index < -0.39 is 22.5 Å².